The molecule has 0 bridgehead atoms. The van der Waals surface area contributed by atoms with E-state index in [0.29, 0.717) is 5.56 Å². The van der Waals surface area contributed by atoms with E-state index in [2.05, 4.69) is 0 Å². The molecule has 0 radical (unpaired) electrons. The maximum absolute atomic E-state index is 11.1. The van der Waals surface area contributed by atoms with Crippen LogP contribution in [0, 0.1) is 0 Å². The Kier molecular flexibility index (Phi) is 1.90. The first-order chi connectivity index (χ1) is 6.59. The van der Waals surface area contributed by atoms with E-state index in [1.165, 1.54) is 6.07 Å². The van der Waals surface area contributed by atoms with E-state index in [9.17, 15) is 20.1 Å². The molecule has 1 aromatic rings. The van der Waals surface area contributed by atoms with Crippen molar-refractivity contribution in [2.24, 2.45) is 0 Å². The summed E-state index contributed by atoms with van der Waals surface area (Å²) in [6.45, 7) is 0.0613. The summed E-state index contributed by atoms with van der Waals surface area (Å²) >= 11 is 0. The predicted octanol–water partition coefficient (Wildman–Crippen LogP) is -0.0209. The average Bonchev–Trinajstić information content (AvgIpc) is 2.41. The summed E-state index contributed by atoms with van der Waals surface area (Å²) in [5.74, 6) is -0.838. The van der Waals surface area contributed by atoms with Crippen LogP contribution in [0.2, 0.25) is 0 Å². The number of aliphatic hydroxyl groups excluding tert-OH is 1. The number of hydrogen-bond donors (Lipinski definition) is 3. The third kappa shape index (κ3) is 1.23. The van der Waals surface area contributed by atoms with Gasteiger partial charge in [0.2, 0.25) is 5.43 Å². The van der Waals surface area contributed by atoms with Gasteiger partial charge in [0, 0.05) is 6.07 Å². The van der Waals surface area contributed by atoms with Gasteiger partial charge in [0.05, 0.1) is 12.2 Å². The summed E-state index contributed by atoms with van der Waals surface area (Å²) in [5, 5.41) is 27.9. The maximum atomic E-state index is 11.1. The van der Waals surface area contributed by atoms with E-state index >= 15 is 0 Å². The van der Waals surface area contributed by atoms with Crippen molar-refractivity contribution in [3.8, 4) is 11.5 Å². The second-order valence-electron chi connectivity index (χ2n) is 3.03. The van der Waals surface area contributed by atoms with E-state index < -0.39 is 17.5 Å². The van der Waals surface area contributed by atoms with Crippen LogP contribution in [0.25, 0.3) is 0 Å². The highest BCUT2D eigenvalue weighted by Gasteiger charge is 2.24. The number of aliphatic hydroxyl groups is 1. The first kappa shape index (κ1) is 8.98. The molecule has 0 aliphatic carbocycles. The van der Waals surface area contributed by atoms with Crippen LogP contribution >= 0.6 is 0 Å². The van der Waals surface area contributed by atoms with Gasteiger partial charge in [-0.05, 0) is 11.6 Å². The Morgan fingerprint density at radius 1 is 1.29 bits per heavy atom. The van der Waals surface area contributed by atoms with Crippen LogP contribution < -0.4 is 5.43 Å². The largest absolute Gasteiger partial charge is 0.507 e. The van der Waals surface area contributed by atoms with E-state index in [1.54, 1.807) is 0 Å². The molecule has 0 spiro atoms. The van der Waals surface area contributed by atoms with Gasteiger partial charge >= 0.3 is 0 Å². The zero-order valence-corrected chi connectivity index (χ0v) is 7.10. The van der Waals surface area contributed by atoms with Crippen molar-refractivity contribution >= 4 is 0 Å². The van der Waals surface area contributed by atoms with Gasteiger partial charge in [-0.1, -0.05) is 0 Å². The molecule has 0 aromatic heterocycles. The summed E-state index contributed by atoms with van der Waals surface area (Å²) in [6.07, 6.45) is -1.24. The molecule has 1 heterocycles. The minimum atomic E-state index is -1.24. The van der Waals surface area contributed by atoms with Crippen LogP contribution in [0.1, 0.15) is 17.4 Å². The lowest BCUT2D eigenvalue weighted by molar-refractivity contribution is -0.0926. The molecule has 0 amide bonds. The van der Waals surface area contributed by atoms with Crippen LogP contribution in [0.15, 0.2) is 16.9 Å². The second-order valence-corrected chi connectivity index (χ2v) is 3.03. The fourth-order valence-corrected chi connectivity index (χ4v) is 1.41. The maximum Gasteiger partial charge on any atom is 0.223 e. The van der Waals surface area contributed by atoms with Gasteiger partial charge in [-0.15, -0.1) is 0 Å². The standard InChI is InChI=1S/C9H8O5/c10-5-1-4-3-14-9(13)8(4)7(12)2-6(5)11/h1-2,9,12-13H,3H2,(H,10,11). The van der Waals surface area contributed by atoms with Crippen molar-refractivity contribution < 1.29 is 20.1 Å². The third-order valence-corrected chi connectivity index (χ3v) is 2.10. The highest BCUT2D eigenvalue weighted by atomic mass is 16.6. The van der Waals surface area contributed by atoms with Crippen molar-refractivity contribution in [3.63, 3.8) is 0 Å². The van der Waals surface area contributed by atoms with Gasteiger partial charge in [0.15, 0.2) is 12.0 Å². The number of ether oxygens (including phenoxy) is 1. The highest BCUT2D eigenvalue weighted by molar-refractivity contribution is 5.43. The summed E-state index contributed by atoms with van der Waals surface area (Å²) < 4.78 is 4.82. The average molecular weight is 196 g/mol. The highest BCUT2D eigenvalue weighted by Crippen LogP contribution is 2.34. The van der Waals surface area contributed by atoms with Crippen LogP contribution in [0.5, 0.6) is 11.5 Å². The zero-order valence-electron chi connectivity index (χ0n) is 7.10. The molecule has 1 atom stereocenters. The van der Waals surface area contributed by atoms with Crippen LogP contribution in [0.4, 0.5) is 0 Å². The van der Waals surface area contributed by atoms with Crippen molar-refractivity contribution in [2.75, 3.05) is 0 Å². The topological polar surface area (TPSA) is 87.0 Å². The molecule has 0 saturated heterocycles. The van der Waals surface area contributed by atoms with Gasteiger partial charge in [-0.25, -0.2) is 0 Å². The van der Waals surface area contributed by atoms with Crippen LogP contribution in [-0.4, -0.2) is 15.3 Å². The Morgan fingerprint density at radius 3 is 2.71 bits per heavy atom. The van der Waals surface area contributed by atoms with Crippen molar-refractivity contribution in [1.29, 1.82) is 0 Å². The predicted molar refractivity (Wildman–Crippen MR) is 45.8 cm³/mol. The SMILES string of the molecule is O=c1cc(O)c2c(cc1O)COC2O. The van der Waals surface area contributed by atoms with Gasteiger partial charge < -0.3 is 20.1 Å². The molecule has 1 aliphatic heterocycles. The Hall–Kier alpha value is -1.59. The van der Waals surface area contributed by atoms with Crippen LogP contribution in [0.3, 0.4) is 0 Å². The molecule has 1 aliphatic rings. The summed E-state index contributed by atoms with van der Waals surface area (Å²) in [5.41, 5.74) is -0.138. The first-order valence-corrected chi connectivity index (χ1v) is 3.98. The zero-order chi connectivity index (χ0) is 10.3. The molecular formula is C9H8O5. The van der Waals surface area contributed by atoms with E-state index in [0.717, 1.165) is 6.07 Å². The summed E-state index contributed by atoms with van der Waals surface area (Å²) in [7, 11) is 0. The molecular weight excluding hydrogens is 188 g/mol. The van der Waals surface area contributed by atoms with Gasteiger partial charge in [-0.3, -0.25) is 4.79 Å². The fraction of sp³-hybridized carbons (Fsp3) is 0.222. The smallest absolute Gasteiger partial charge is 0.223 e. The molecule has 74 valence electrons. The Balaban J connectivity index is 2.79. The van der Waals surface area contributed by atoms with Crippen molar-refractivity contribution in [2.45, 2.75) is 12.9 Å². The number of rotatable bonds is 0. The number of hydrogen-bond acceptors (Lipinski definition) is 5. The number of aromatic hydroxyl groups is 2. The third-order valence-electron chi connectivity index (χ3n) is 2.10. The quantitative estimate of drug-likeness (QED) is 0.542. The normalized spacial score (nSPS) is 19.4. The monoisotopic (exact) mass is 196 g/mol. The van der Waals surface area contributed by atoms with Gasteiger partial charge in [0.25, 0.3) is 0 Å². The summed E-state index contributed by atoms with van der Waals surface area (Å²) in [4.78, 5) is 11.1. The molecule has 1 aromatic carbocycles. The molecule has 1 unspecified atom stereocenters. The molecule has 0 saturated carbocycles. The lowest BCUT2D eigenvalue weighted by atomic mass is 10.2. The van der Waals surface area contributed by atoms with E-state index in [1.807, 2.05) is 0 Å². The molecule has 2 rings (SSSR count). The molecule has 3 N–H and O–H groups in total. The van der Waals surface area contributed by atoms with Crippen molar-refractivity contribution in [1.82, 2.24) is 0 Å². The first-order valence-electron chi connectivity index (χ1n) is 3.98. The molecule has 14 heavy (non-hydrogen) atoms. The second kappa shape index (κ2) is 2.97. The van der Waals surface area contributed by atoms with E-state index in [4.69, 9.17) is 4.74 Å². The molecule has 0 fully saturated rings. The van der Waals surface area contributed by atoms with Gasteiger partial charge in [0.1, 0.15) is 5.75 Å². The minimum absolute atomic E-state index is 0.0613. The molecule has 5 nitrogen and oxygen atoms in total. The Morgan fingerprint density at radius 2 is 2.00 bits per heavy atom. The van der Waals surface area contributed by atoms with Crippen LogP contribution in [-0.2, 0) is 11.3 Å². The van der Waals surface area contributed by atoms with Crippen molar-refractivity contribution in [3.05, 3.63) is 33.5 Å². The summed E-state index contributed by atoms with van der Waals surface area (Å²) in [6, 6.07) is 2.04. The molecule has 5 heteroatoms. The van der Waals surface area contributed by atoms with Gasteiger partial charge in [-0.2, -0.15) is 0 Å². The fourth-order valence-electron chi connectivity index (χ4n) is 1.41. The minimum Gasteiger partial charge on any atom is -0.507 e. The lowest BCUT2D eigenvalue weighted by Gasteiger charge is -2.01. The Labute approximate surface area is 78.8 Å². The lowest BCUT2D eigenvalue weighted by Crippen LogP contribution is -1.95. The number of fused-ring (bicyclic) bond motifs is 1. The van der Waals surface area contributed by atoms with E-state index in [-0.39, 0.29) is 17.9 Å². The Bertz CT molecular complexity index is 440.